The standard InChI is InChI=1S/C12H15N.C10H16N2S.CH3NO/c13-12-10-5-1-3-8(10)7-9-4-2-6-11(9)12;1-8(2)12(3)9-4-6-10(13-11)7-5-9;2-1-3/h7H,1-6,13H2;4-8H,11H2,1-3H3;1H,(H2,2,3). The predicted molar refractivity (Wildman–Crippen MR) is 125 cm³/mol. The third kappa shape index (κ3) is 5.90. The monoisotopic (exact) mass is 414 g/mol. The van der Waals surface area contributed by atoms with E-state index in [2.05, 4.69) is 49.7 Å². The van der Waals surface area contributed by atoms with Gasteiger partial charge in [-0.15, -0.1) is 0 Å². The minimum absolute atomic E-state index is 0.250. The smallest absolute Gasteiger partial charge is 0.204 e. The molecule has 2 aromatic carbocycles. The van der Waals surface area contributed by atoms with E-state index in [0.717, 1.165) is 10.6 Å². The average molecular weight is 415 g/mol. The highest BCUT2D eigenvalue weighted by atomic mass is 32.2. The van der Waals surface area contributed by atoms with Crippen LogP contribution in [0.2, 0.25) is 0 Å². The Morgan fingerprint density at radius 1 is 1.00 bits per heavy atom. The second kappa shape index (κ2) is 11.1. The number of amides is 1. The summed E-state index contributed by atoms with van der Waals surface area (Å²) in [4.78, 5) is 11.9. The van der Waals surface area contributed by atoms with Crippen LogP contribution in [0, 0.1) is 0 Å². The molecule has 0 aliphatic heterocycles. The molecule has 5 nitrogen and oxygen atoms in total. The van der Waals surface area contributed by atoms with Crippen molar-refractivity contribution in [2.75, 3.05) is 17.7 Å². The quantitative estimate of drug-likeness (QED) is 0.403. The summed E-state index contributed by atoms with van der Waals surface area (Å²) >= 11 is 1.28. The zero-order valence-corrected chi connectivity index (χ0v) is 18.6. The van der Waals surface area contributed by atoms with Gasteiger partial charge in [-0.2, -0.15) is 0 Å². The Bertz CT molecular complexity index is 773. The maximum Gasteiger partial charge on any atom is 0.204 e. The molecule has 6 N–H and O–H groups in total. The van der Waals surface area contributed by atoms with Crippen molar-refractivity contribution in [2.24, 2.45) is 10.9 Å². The van der Waals surface area contributed by atoms with Gasteiger partial charge in [-0.3, -0.25) is 9.93 Å². The zero-order chi connectivity index (χ0) is 21.4. The first-order valence-corrected chi connectivity index (χ1v) is 11.1. The number of carbonyl (C=O) groups excluding carboxylic acids is 1. The Balaban J connectivity index is 0.000000183. The molecule has 2 aliphatic carbocycles. The first-order valence-electron chi connectivity index (χ1n) is 10.2. The first kappa shape index (κ1) is 23.1. The van der Waals surface area contributed by atoms with Crippen LogP contribution in [0.5, 0.6) is 0 Å². The Morgan fingerprint density at radius 3 is 1.90 bits per heavy atom. The van der Waals surface area contributed by atoms with Crippen molar-refractivity contribution in [1.29, 1.82) is 0 Å². The number of benzene rings is 2. The van der Waals surface area contributed by atoms with Gasteiger partial charge in [-0.25, -0.2) is 0 Å². The normalized spacial score (nSPS) is 13.6. The molecule has 0 bridgehead atoms. The van der Waals surface area contributed by atoms with Gasteiger partial charge in [0.15, 0.2) is 0 Å². The molecule has 0 unspecified atom stereocenters. The van der Waals surface area contributed by atoms with Crippen LogP contribution in [-0.2, 0) is 30.5 Å². The van der Waals surface area contributed by atoms with Crippen molar-refractivity contribution in [3.05, 3.63) is 52.6 Å². The summed E-state index contributed by atoms with van der Waals surface area (Å²) in [6.45, 7) is 4.34. The van der Waals surface area contributed by atoms with Crippen LogP contribution in [0.3, 0.4) is 0 Å². The van der Waals surface area contributed by atoms with E-state index in [1.807, 2.05) is 12.1 Å². The summed E-state index contributed by atoms with van der Waals surface area (Å²) in [5.41, 5.74) is 18.7. The molecule has 0 atom stereocenters. The molecule has 158 valence electrons. The predicted octanol–water partition coefficient (Wildman–Crippen LogP) is 3.84. The molecule has 0 fully saturated rings. The summed E-state index contributed by atoms with van der Waals surface area (Å²) in [6, 6.07) is 11.2. The zero-order valence-electron chi connectivity index (χ0n) is 17.8. The lowest BCUT2D eigenvalue weighted by molar-refractivity contribution is -0.106. The summed E-state index contributed by atoms with van der Waals surface area (Å²) in [5, 5.41) is 5.44. The van der Waals surface area contributed by atoms with Gasteiger partial charge >= 0.3 is 0 Å². The van der Waals surface area contributed by atoms with Gasteiger partial charge < -0.3 is 16.4 Å². The van der Waals surface area contributed by atoms with Crippen molar-refractivity contribution in [3.63, 3.8) is 0 Å². The summed E-state index contributed by atoms with van der Waals surface area (Å²) in [6.07, 6.45) is 7.81. The lowest BCUT2D eigenvalue weighted by Gasteiger charge is -2.23. The summed E-state index contributed by atoms with van der Waals surface area (Å²) < 4.78 is 0. The topological polar surface area (TPSA) is 98.4 Å². The Morgan fingerprint density at radius 2 is 1.48 bits per heavy atom. The molecule has 0 aromatic heterocycles. The van der Waals surface area contributed by atoms with Crippen LogP contribution in [0.4, 0.5) is 11.4 Å². The number of aryl methyl sites for hydroxylation is 2. The number of nitrogen functional groups attached to an aromatic ring is 1. The fraction of sp³-hybridized carbons (Fsp3) is 0.435. The maximum atomic E-state index is 8.58. The highest BCUT2D eigenvalue weighted by Gasteiger charge is 2.21. The maximum absolute atomic E-state index is 8.58. The van der Waals surface area contributed by atoms with Crippen LogP contribution < -0.4 is 21.5 Å². The van der Waals surface area contributed by atoms with E-state index in [0.29, 0.717) is 6.04 Å². The molecule has 0 radical (unpaired) electrons. The SMILES string of the molecule is CC(C)N(C)c1ccc(SN)cc1.NC=O.Nc1c2c(cc3c1CCC3)CCC2. The van der Waals surface area contributed by atoms with E-state index < -0.39 is 0 Å². The Labute approximate surface area is 179 Å². The third-order valence-corrected chi connectivity index (χ3v) is 6.22. The van der Waals surface area contributed by atoms with Crippen molar-refractivity contribution in [3.8, 4) is 0 Å². The summed E-state index contributed by atoms with van der Waals surface area (Å²) in [5.74, 6) is 0. The first-order chi connectivity index (χ1) is 13.9. The van der Waals surface area contributed by atoms with E-state index in [1.165, 1.54) is 78.4 Å². The number of rotatable bonds is 3. The van der Waals surface area contributed by atoms with Crippen LogP contribution in [0.15, 0.2) is 35.2 Å². The van der Waals surface area contributed by atoms with E-state index >= 15 is 0 Å². The van der Waals surface area contributed by atoms with E-state index in [4.69, 9.17) is 15.7 Å². The van der Waals surface area contributed by atoms with E-state index in [9.17, 15) is 0 Å². The molecule has 29 heavy (non-hydrogen) atoms. The van der Waals surface area contributed by atoms with E-state index in [1.54, 1.807) is 0 Å². The minimum Gasteiger partial charge on any atom is -0.398 e. The lowest BCUT2D eigenvalue weighted by atomic mass is 9.99. The molecule has 0 spiro atoms. The van der Waals surface area contributed by atoms with Crippen LogP contribution in [-0.4, -0.2) is 19.5 Å². The van der Waals surface area contributed by atoms with Gasteiger partial charge in [-0.05, 0) is 111 Å². The fourth-order valence-corrected chi connectivity index (χ4v) is 4.21. The van der Waals surface area contributed by atoms with Gasteiger partial charge in [0, 0.05) is 29.4 Å². The molecular formula is C23H34N4OS. The minimum atomic E-state index is 0.250. The molecule has 2 aromatic rings. The Hall–Kier alpha value is -2.18. The molecular weight excluding hydrogens is 380 g/mol. The second-order valence-electron chi connectivity index (χ2n) is 7.73. The lowest BCUT2D eigenvalue weighted by Crippen LogP contribution is -2.25. The van der Waals surface area contributed by atoms with Gasteiger partial charge in [0.2, 0.25) is 6.41 Å². The van der Waals surface area contributed by atoms with E-state index in [-0.39, 0.29) is 6.41 Å². The van der Waals surface area contributed by atoms with Gasteiger partial charge in [-0.1, -0.05) is 6.07 Å². The number of hydrogen-bond donors (Lipinski definition) is 3. The number of nitrogens with zero attached hydrogens (tertiary/aromatic N) is 1. The van der Waals surface area contributed by atoms with Crippen molar-refractivity contribution in [1.82, 2.24) is 0 Å². The number of primary amides is 1. The average Bonchev–Trinajstić information content (AvgIpc) is 3.38. The van der Waals surface area contributed by atoms with Crippen molar-refractivity contribution in [2.45, 2.75) is 63.3 Å². The largest absolute Gasteiger partial charge is 0.398 e. The van der Waals surface area contributed by atoms with Gasteiger partial charge in [0.25, 0.3) is 0 Å². The number of carbonyl (C=O) groups is 1. The fourth-order valence-electron chi connectivity index (χ4n) is 3.92. The molecule has 2 aliphatic rings. The third-order valence-electron chi connectivity index (χ3n) is 5.67. The number of anilines is 2. The van der Waals surface area contributed by atoms with Crippen molar-refractivity contribution < 1.29 is 4.79 Å². The van der Waals surface area contributed by atoms with Crippen LogP contribution in [0.1, 0.15) is 48.9 Å². The number of hydrogen-bond acceptors (Lipinski definition) is 5. The van der Waals surface area contributed by atoms with Crippen LogP contribution >= 0.6 is 11.9 Å². The summed E-state index contributed by atoms with van der Waals surface area (Å²) in [7, 11) is 2.09. The Kier molecular flexibility index (Phi) is 8.86. The molecule has 0 saturated carbocycles. The number of nitrogens with two attached hydrogens (primary N) is 3. The van der Waals surface area contributed by atoms with Gasteiger partial charge in [0.05, 0.1) is 0 Å². The van der Waals surface area contributed by atoms with Crippen molar-refractivity contribution >= 4 is 29.7 Å². The second-order valence-corrected chi connectivity index (χ2v) is 8.43. The highest BCUT2D eigenvalue weighted by molar-refractivity contribution is 7.97. The molecule has 4 rings (SSSR count). The number of fused-ring (bicyclic) bond motifs is 2. The molecule has 0 heterocycles. The molecule has 1 amide bonds. The van der Waals surface area contributed by atoms with Crippen LogP contribution in [0.25, 0.3) is 0 Å². The molecule has 6 heteroatoms. The molecule has 0 saturated heterocycles. The highest BCUT2D eigenvalue weighted by Crippen LogP contribution is 2.36. The van der Waals surface area contributed by atoms with Gasteiger partial charge in [0.1, 0.15) is 0 Å².